The SMILES string of the molecule is CS(=O)(=O)OCC(=O)Nc1cccc(C(=O)Nc2cccc(Br)c2)c1. The van der Waals surface area contributed by atoms with Crippen molar-refractivity contribution in [2.45, 2.75) is 0 Å². The summed E-state index contributed by atoms with van der Waals surface area (Å²) in [5.41, 5.74) is 1.31. The topological polar surface area (TPSA) is 102 Å². The Balaban J connectivity index is 2.02. The number of benzene rings is 2. The highest BCUT2D eigenvalue weighted by Crippen LogP contribution is 2.17. The van der Waals surface area contributed by atoms with Gasteiger partial charge in [-0.3, -0.25) is 13.8 Å². The molecule has 0 heterocycles. The van der Waals surface area contributed by atoms with Crippen molar-refractivity contribution >= 4 is 49.2 Å². The molecule has 2 aromatic carbocycles. The van der Waals surface area contributed by atoms with Crippen LogP contribution in [0.5, 0.6) is 0 Å². The first-order chi connectivity index (χ1) is 11.7. The molecule has 0 unspecified atom stereocenters. The lowest BCUT2D eigenvalue weighted by Crippen LogP contribution is -2.20. The van der Waals surface area contributed by atoms with Gasteiger partial charge in [0.2, 0.25) is 0 Å². The van der Waals surface area contributed by atoms with Gasteiger partial charge in [0, 0.05) is 21.4 Å². The number of amides is 2. The Bertz CT molecular complexity index is 899. The number of rotatable bonds is 6. The Morgan fingerprint density at radius 2 is 1.68 bits per heavy atom. The van der Waals surface area contributed by atoms with Crippen molar-refractivity contribution in [2.24, 2.45) is 0 Å². The Labute approximate surface area is 153 Å². The van der Waals surface area contributed by atoms with E-state index in [0.717, 1.165) is 10.7 Å². The molecule has 0 bridgehead atoms. The molecule has 2 N–H and O–H groups in total. The zero-order valence-electron chi connectivity index (χ0n) is 13.2. The van der Waals surface area contributed by atoms with E-state index in [0.29, 0.717) is 16.9 Å². The fraction of sp³-hybridized carbons (Fsp3) is 0.125. The molecule has 0 aliphatic heterocycles. The van der Waals surface area contributed by atoms with E-state index < -0.39 is 22.6 Å². The number of hydrogen-bond acceptors (Lipinski definition) is 5. The molecule has 0 aliphatic rings. The smallest absolute Gasteiger partial charge is 0.264 e. The van der Waals surface area contributed by atoms with Crippen molar-refractivity contribution in [1.29, 1.82) is 0 Å². The minimum absolute atomic E-state index is 0.335. The Kier molecular flexibility index (Phi) is 6.29. The Morgan fingerprint density at radius 1 is 1.04 bits per heavy atom. The van der Waals surface area contributed by atoms with Crippen LogP contribution in [0.1, 0.15) is 10.4 Å². The van der Waals surface area contributed by atoms with E-state index in [1.807, 2.05) is 6.07 Å². The van der Waals surface area contributed by atoms with E-state index in [9.17, 15) is 18.0 Å². The molecule has 0 aromatic heterocycles. The van der Waals surface area contributed by atoms with Crippen LogP contribution in [0.2, 0.25) is 0 Å². The van der Waals surface area contributed by atoms with Crippen LogP contribution < -0.4 is 10.6 Å². The monoisotopic (exact) mass is 426 g/mol. The van der Waals surface area contributed by atoms with Gasteiger partial charge >= 0.3 is 0 Å². The zero-order chi connectivity index (χ0) is 18.4. The average Bonchev–Trinajstić information content (AvgIpc) is 2.52. The molecular formula is C16H15BrN2O5S. The first-order valence-corrected chi connectivity index (χ1v) is 9.65. The quantitative estimate of drug-likeness (QED) is 0.691. The van der Waals surface area contributed by atoms with E-state index in [-0.39, 0.29) is 5.91 Å². The molecule has 2 rings (SSSR count). The molecule has 2 amide bonds. The molecule has 25 heavy (non-hydrogen) atoms. The van der Waals surface area contributed by atoms with E-state index >= 15 is 0 Å². The van der Waals surface area contributed by atoms with Crippen LogP contribution in [-0.2, 0) is 19.1 Å². The van der Waals surface area contributed by atoms with Crippen molar-refractivity contribution in [3.8, 4) is 0 Å². The molecule has 0 saturated heterocycles. The van der Waals surface area contributed by atoms with Crippen LogP contribution in [-0.4, -0.2) is 33.1 Å². The highest BCUT2D eigenvalue weighted by atomic mass is 79.9. The number of hydrogen-bond donors (Lipinski definition) is 2. The molecular weight excluding hydrogens is 412 g/mol. The number of anilines is 2. The summed E-state index contributed by atoms with van der Waals surface area (Å²) in [6.45, 7) is -0.632. The summed E-state index contributed by atoms with van der Waals surface area (Å²) < 4.78 is 27.0. The minimum atomic E-state index is -3.70. The van der Waals surface area contributed by atoms with Crippen LogP contribution in [0.3, 0.4) is 0 Å². The van der Waals surface area contributed by atoms with Crippen molar-refractivity contribution in [3.63, 3.8) is 0 Å². The van der Waals surface area contributed by atoms with Crippen LogP contribution >= 0.6 is 15.9 Å². The van der Waals surface area contributed by atoms with Gasteiger partial charge in [-0.05, 0) is 36.4 Å². The van der Waals surface area contributed by atoms with Crippen molar-refractivity contribution in [3.05, 3.63) is 58.6 Å². The third kappa shape index (κ3) is 6.65. The molecule has 0 fully saturated rings. The van der Waals surface area contributed by atoms with Crippen LogP contribution in [0, 0.1) is 0 Å². The lowest BCUT2D eigenvalue weighted by molar-refractivity contribution is -0.118. The van der Waals surface area contributed by atoms with Gasteiger partial charge < -0.3 is 10.6 Å². The zero-order valence-corrected chi connectivity index (χ0v) is 15.6. The van der Waals surface area contributed by atoms with Gasteiger partial charge in [0.1, 0.15) is 6.61 Å². The van der Waals surface area contributed by atoms with Crippen LogP contribution in [0.4, 0.5) is 11.4 Å². The normalized spacial score (nSPS) is 11.0. The predicted octanol–water partition coefficient (Wildman–Crippen LogP) is 2.62. The summed E-state index contributed by atoms with van der Waals surface area (Å²) >= 11 is 3.32. The van der Waals surface area contributed by atoms with Gasteiger partial charge in [-0.2, -0.15) is 8.42 Å². The van der Waals surface area contributed by atoms with Crippen LogP contribution in [0.15, 0.2) is 53.0 Å². The second kappa shape index (κ2) is 8.24. The molecule has 0 radical (unpaired) electrons. The first kappa shape index (κ1) is 19.1. The van der Waals surface area contributed by atoms with E-state index in [2.05, 4.69) is 30.7 Å². The van der Waals surface area contributed by atoms with E-state index in [1.54, 1.807) is 36.4 Å². The molecule has 0 atom stereocenters. The summed E-state index contributed by atoms with van der Waals surface area (Å²) in [5, 5.41) is 5.21. The third-order valence-corrected chi connectivity index (χ3v) is 3.93. The molecule has 0 aliphatic carbocycles. The fourth-order valence-electron chi connectivity index (χ4n) is 1.87. The first-order valence-electron chi connectivity index (χ1n) is 7.04. The Hall–Kier alpha value is -2.23. The number of halogens is 1. The number of nitrogens with one attached hydrogen (secondary N) is 2. The summed E-state index contributed by atoms with van der Waals surface area (Å²) in [6.07, 6.45) is 0.854. The highest BCUT2D eigenvalue weighted by molar-refractivity contribution is 9.10. The van der Waals surface area contributed by atoms with Crippen LogP contribution in [0.25, 0.3) is 0 Å². The van der Waals surface area contributed by atoms with Crippen molar-refractivity contribution in [2.75, 3.05) is 23.5 Å². The van der Waals surface area contributed by atoms with E-state index in [4.69, 9.17) is 0 Å². The summed E-state index contributed by atoms with van der Waals surface area (Å²) in [4.78, 5) is 23.9. The van der Waals surface area contributed by atoms with Gasteiger partial charge in [-0.1, -0.05) is 28.1 Å². The van der Waals surface area contributed by atoms with Gasteiger partial charge in [0.25, 0.3) is 21.9 Å². The maximum Gasteiger partial charge on any atom is 0.264 e. The summed E-state index contributed by atoms with van der Waals surface area (Å²) in [7, 11) is -3.70. The molecule has 9 heteroatoms. The second-order valence-electron chi connectivity index (χ2n) is 5.06. The van der Waals surface area contributed by atoms with Gasteiger partial charge in [-0.25, -0.2) is 0 Å². The number of carbonyl (C=O) groups excluding carboxylic acids is 2. The molecule has 7 nitrogen and oxygen atoms in total. The van der Waals surface area contributed by atoms with Gasteiger partial charge in [0.15, 0.2) is 0 Å². The number of carbonyl (C=O) groups is 2. The van der Waals surface area contributed by atoms with Gasteiger partial charge in [0.05, 0.1) is 6.26 Å². The van der Waals surface area contributed by atoms with Crippen molar-refractivity contribution < 1.29 is 22.2 Å². The highest BCUT2D eigenvalue weighted by Gasteiger charge is 2.11. The van der Waals surface area contributed by atoms with Crippen molar-refractivity contribution in [1.82, 2.24) is 0 Å². The Morgan fingerprint density at radius 3 is 2.32 bits per heavy atom. The van der Waals surface area contributed by atoms with E-state index in [1.165, 1.54) is 6.07 Å². The second-order valence-corrected chi connectivity index (χ2v) is 7.62. The molecule has 0 saturated carbocycles. The maximum absolute atomic E-state index is 12.3. The average molecular weight is 427 g/mol. The lowest BCUT2D eigenvalue weighted by Gasteiger charge is -2.08. The van der Waals surface area contributed by atoms with Gasteiger partial charge in [-0.15, -0.1) is 0 Å². The standard InChI is InChI=1S/C16H15BrN2O5S/c1-25(22,23)24-10-15(20)18-13-6-2-4-11(8-13)16(21)19-14-7-3-5-12(17)9-14/h2-9H,10H2,1H3,(H,18,20)(H,19,21). The summed E-state index contributed by atoms with van der Waals surface area (Å²) in [5.74, 6) is -0.989. The minimum Gasteiger partial charge on any atom is -0.324 e. The third-order valence-electron chi connectivity index (χ3n) is 2.90. The predicted molar refractivity (Wildman–Crippen MR) is 98.0 cm³/mol. The maximum atomic E-state index is 12.3. The molecule has 132 valence electrons. The largest absolute Gasteiger partial charge is 0.324 e. The lowest BCUT2D eigenvalue weighted by atomic mass is 10.2. The summed E-state index contributed by atoms with van der Waals surface area (Å²) in [6, 6.07) is 13.4. The fourth-order valence-corrected chi connectivity index (χ4v) is 2.59. The molecule has 0 spiro atoms. The molecule has 2 aromatic rings.